The monoisotopic (exact) mass is 282 g/mol. The van der Waals surface area contributed by atoms with Crippen molar-refractivity contribution in [1.82, 2.24) is 0 Å². The molecule has 4 atom stereocenters. The number of rotatable bonds is 2. The maximum Gasteiger partial charge on any atom is 0.346 e. The van der Waals surface area contributed by atoms with Crippen molar-refractivity contribution in [3.05, 3.63) is 11.6 Å². The molecule has 2 aliphatic carbocycles. The quantitative estimate of drug-likeness (QED) is 0.582. The molecule has 2 N–H and O–H groups in total. The Balaban J connectivity index is 2.54. The summed E-state index contributed by atoms with van der Waals surface area (Å²) in [5.41, 5.74) is -1.73. The number of hydrogen-bond acceptors (Lipinski definition) is 5. The van der Waals surface area contributed by atoms with Crippen molar-refractivity contribution in [2.45, 2.75) is 51.2 Å². The Morgan fingerprint density at radius 3 is 2.75 bits per heavy atom. The van der Waals surface area contributed by atoms with Crippen LogP contribution in [0.4, 0.5) is 0 Å². The van der Waals surface area contributed by atoms with Gasteiger partial charge in [0.2, 0.25) is 5.60 Å². The highest BCUT2D eigenvalue weighted by Gasteiger charge is 2.60. The number of hydrogen-bond donors (Lipinski definition) is 2. The third-order valence-electron chi connectivity index (χ3n) is 5.05. The Morgan fingerprint density at radius 1 is 1.55 bits per heavy atom. The van der Waals surface area contributed by atoms with E-state index < -0.39 is 34.8 Å². The normalized spacial score (nSPS) is 40.9. The summed E-state index contributed by atoms with van der Waals surface area (Å²) in [5.74, 6) is -2.04. The fourth-order valence-electron chi connectivity index (χ4n) is 3.88. The molecule has 5 nitrogen and oxygen atoms in total. The molecule has 112 valence electrons. The molecule has 0 radical (unpaired) electrons. The van der Waals surface area contributed by atoms with Crippen LogP contribution in [0.3, 0.4) is 0 Å². The van der Waals surface area contributed by atoms with Gasteiger partial charge in [0.15, 0.2) is 5.78 Å². The van der Waals surface area contributed by atoms with Gasteiger partial charge >= 0.3 is 5.97 Å². The number of aliphatic hydroxyl groups is 2. The van der Waals surface area contributed by atoms with E-state index in [1.165, 1.54) is 13.2 Å². The average molecular weight is 282 g/mol. The Kier molecular flexibility index (Phi) is 3.77. The molecule has 1 saturated carbocycles. The largest absolute Gasteiger partial charge is 0.467 e. The first-order valence-corrected chi connectivity index (χ1v) is 7.05. The summed E-state index contributed by atoms with van der Waals surface area (Å²) in [5, 5.41) is 20.5. The molecule has 0 aromatic heterocycles. The predicted octanol–water partition coefficient (Wildman–Crippen LogP) is 0.977. The lowest BCUT2D eigenvalue weighted by Crippen LogP contribution is -2.61. The van der Waals surface area contributed by atoms with Gasteiger partial charge < -0.3 is 14.9 Å². The van der Waals surface area contributed by atoms with Gasteiger partial charge in [-0.2, -0.15) is 0 Å². The maximum absolute atomic E-state index is 12.3. The van der Waals surface area contributed by atoms with E-state index in [1.807, 2.05) is 13.8 Å². The van der Waals surface area contributed by atoms with Crippen LogP contribution in [0.1, 0.15) is 39.5 Å². The number of esters is 1. The standard InChI is InChI=1S/C15H22O5/c1-4-11-14(2)6-5-10(16)7-9(14)8-12(17)15(11,19)13(18)20-3/h8,10-11,16,19H,4-7H2,1-3H3/t10-,11+,14-,15-/m0/s1. The van der Waals surface area contributed by atoms with Gasteiger partial charge in [0.05, 0.1) is 13.2 Å². The second-order valence-corrected chi connectivity index (χ2v) is 6.07. The number of carbonyl (C=O) groups excluding carboxylic acids is 2. The van der Waals surface area contributed by atoms with Gasteiger partial charge in [-0.25, -0.2) is 4.79 Å². The summed E-state index contributed by atoms with van der Waals surface area (Å²) in [7, 11) is 1.17. The molecular formula is C15H22O5. The van der Waals surface area contributed by atoms with Crippen molar-refractivity contribution in [3.63, 3.8) is 0 Å². The summed E-state index contributed by atoms with van der Waals surface area (Å²) in [6.07, 6.45) is 3.05. The first-order valence-electron chi connectivity index (χ1n) is 7.05. The van der Waals surface area contributed by atoms with Gasteiger partial charge in [0, 0.05) is 5.92 Å². The lowest BCUT2D eigenvalue weighted by molar-refractivity contribution is -0.180. The minimum absolute atomic E-state index is 0.427. The molecule has 0 aromatic rings. The summed E-state index contributed by atoms with van der Waals surface area (Å²) in [6, 6.07) is 0. The van der Waals surface area contributed by atoms with Gasteiger partial charge in [0.1, 0.15) is 0 Å². The lowest BCUT2D eigenvalue weighted by Gasteiger charge is -2.51. The zero-order valence-electron chi connectivity index (χ0n) is 12.2. The molecule has 0 heterocycles. The van der Waals surface area contributed by atoms with Gasteiger partial charge in [-0.05, 0) is 37.2 Å². The number of methoxy groups -OCH3 is 1. The first-order chi connectivity index (χ1) is 9.30. The summed E-state index contributed by atoms with van der Waals surface area (Å²) in [4.78, 5) is 24.3. The molecule has 0 aromatic carbocycles. The first kappa shape index (κ1) is 15.2. The number of ether oxygens (including phenoxy) is 1. The van der Waals surface area contributed by atoms with E-state index in [2.05, 4.69) is 4.74 Å². The SMILES string of the molecule is CC[C@H]1[C@@](O)(C(=O)OC)C(=O)C=C2C[C@@H](O)CC[C@@]21C. The predicted molar refractivity (Wildman–Crippen MR) is 71.8 cm³/mol. The molecule has 2 rings (SSSR count). The van der Waals surface area contributed by atoms with Crippen LogP contribution in [0.5, 0.6) is 0 Å². The molecule has 0 bridgehead atoms. The smallest absolute Gasteiger partial charge is 0.346 e. The van der Waals surface area contributed by atoms with Crippen molar-refractivity contribution in [2.24, 2.45) is 11.3 Å². The van der Waals surface area contributed by atoms with Crippen LogP contribution in [0.15, 0.2) is 11.6 Å². The van der Waals surface area contributed by atoms with Crippen LogP contribution in [-0.2, 0) is 14.3 Å². The van der Waals surface area contributed by atoms with Crippen LogP contribution in [0.2, 0.25) is 0 Å². The van der Waals surface area contributed by atoms with Crippen molar-refractivity contribution in [3.8, 4) is 0 Å². The van der Waals surface area contributed by atoms with Gasteiger partial charge in [-0.15, -0.1) is 0 Å². The van der Waals surface area contributed by atoms with E-state index in [0.29, 0.717) is 25.7 Å². The number of carbonyl (C=O) groups is 2. The molecule has 20 heavy (non-hydrogen) atoms. The van der Waals surface area contributed by atoms with E-state index in [1.54, 1.807) is 0 Å². The zero-order chi connectivity index (χ0) is 15.1. The van der Waals surface area contributed by atoms with Crippen molar-refractivity contribution in [2.75, 3.05) is 7.11 Å². The van der Waals surface area contributed by atoms with Gasteiger partial charge in [-0.3, -0.25) is 4.79 Å². The Bertz CT molecular complexity index is 469. The second kappa shape index (κ2) is 4.97. The highest BCUT2D eigenvalue weighted by atomic mass is 16.5. The Labute approximate surface area is 118 Å². The third kappa shape index (κ3) is 1.91. The Morgan fingerprint density at radius 2 is 2.20 bits per heavy atom. The summed E-state index contributed by atoms with van der Waals surface area (Å²) >= 11 is 0. The summed E-state index contributed by atoms with van der Waals surface area (Å²) in [6.45, 7) is 3.81. The van der Waals surface area contributed by atoms with E-state index in [9.17, 15) is 19.8 Å². The number of aliphatic hydroxyl groups excluding tert-OH is 1. The summed E-state index contributed by atoms with van der Waals surface area (Å²) < 4.78 is 4.65. The highest BCUT2D eigenvalue weighted by molar-refractivity contribution is 6.13. The minimum Gasteiger partial charge on any atom is -0.467 e. The third-order valence-corrected chi connectivity index (χ3v) is 5.05. The molecule has 0 aliphatic heterocycles. The highest BCUT2D eigenvalue weighted by Crippen LogP contribution is 2.54. The molecule has 1 fully saturated rings. The molecular weight excluding hydrogens is 260 g/mol. The van der Waals surface area contributed by atoms with Crippen molar-refractivity contribution < 1.29 is 24.5 Å². The van der Waals surface area contributed by atoms with Crippen molar-refractivity contribution in [1.29, 1.82) is 0 Å². The van der Waals surface area contributed by atoms with E-state index in [-0.39, 0.29) is 0 Å². The van der Waals surface area contributed by atoms with E-state index >= 15 is 0 Å². The van der Waals surface area contributed by atoms with Crippen LogP contribution < -0.4 is 0 Å². The topological polar surface area (TPSA) is 83.8 Å². The molecule has 5 heteroatoms. The fraction of sp³-hybridized carbons (Fsp3) is 0.733. The Hall–Kier alpha value is -1.20. The van der Waals surface area contributed by atoms with Crippen molar-refractivity contribution >= 4 is 11.8 Å². The van der Waals surface area contributed by atoms with E-state index in [0.717, 1.165) is 5.57 Å². The number of fused-ring (bicyclic) bond motifs is 1. The maximum atomic E-state index is 12.3. The van der Waals surface area contributed by atoms with Crippen LogP contribution in [0, 0.1) is 11.3 Å². The molecule has 0 spiro atoms. The number of ketones is 1. The second-order valence-electron chi connectivity index (χ2n) is 6.07. The average Bonchev–Trinajstić information content (AvgIpc) is 2.41. The molecule has 0 amide bonds. The molecule has 2 aliphatic rings. The van der Waals surface area contributed by atoms with Crippen LogP contribution in [-0.4, -0.2) is 40.8 Å². The van der Waals surface area contributed by atoms with Crippen LogP contribution >= 0.6 is 0 Å². The van der Waals surface area contributed by atoms with Gasteiger partial charge in [0.25, 0.3) is 0 Å². The van der Waals surface area contributed by atoms with Crippen LogP contribution in [0.25, 0.3) is 0 Å². The lowest BCUT2D eigenvalue weighted by atomic mass is 9.54. The fourth-order valence-corrected chi connectivity index (χ4v) is 3.88. The zero-order valence-corrected chi connectivity index (χ0v) is 12.2. The minimum atomic E-state index is -2.11. The molecule has 0 unspecified atom stereocenters. The molecule has 0 saturated heterocycles. The van der Waals surface area contributed by atoms with E-state index in [4.69, 9.17) is 0 Å². The van der Waals surface area contributed by atoms with Gasteiger partial charge in [-0.1, -0.05) is 19.4 Å².